The minimum atomic E-state index is 1.16. The van der Waals surface area contributed by atoms with Crippen molar-refractivity contribution in [2.75, 3.05) is 0 Å². The summed E-state index contributed by atoms with van der Waals surface area (Å²) in [4.78, 5) is 4.37. The van der Waals surface area contributed by atoms with Crippen LogP contribution >= 0.6 is 22.6 Å². The molecule has 0 aliphatic heterocycles. The summed E-state index contributed by atoms with van der Waals surface area (Å²) in [6, 6.07) is 32.8. The Kier molecular flexibility index (Phi) is 5.09. The van der Waals surface area contributed by atoms with Gasteiger partial charge in [0.15, 0.2) is 0 Å². The quantitative estimate of drug-likeness (QED) is 0.229. The molecule has 0 bridgehead atoms. The lowest BCUT2D eigenvalue weighted by Crippen LogP contribution is -1.87. The molecule has 144 valence electrons. The molecule has 5 rings (SSSR count). The van der Waals surface area contributed by atoms with Crippen LogP contribution in [0.15, 0.2) is 103 Å². The van der Waals surface area contributed by atoms with E-state index in [9.17, 15) is 0 Å². The van der Waals surface area contributed by atoms with E-state index >= 15 is 0 Å². The average Bonchev–Trinajstić information content (AvgIpc) is 2.78. The number of hydrogen-bond acceptors (Lipinski definition) is 1. The van der Waals surface area contributed by atoms with Crippen LogP contribution in [0.4, 0.5) is 0 Å². The molecule has 1 aromatic heterocycles. The van der Waals surface area contributed by atoms with Crippen LogP contribution in [0.25, 0.3) is 44.2 Å². The van der Waals surface area contributed by atoms with Crippen molar-refractivity contribution in [3.8, 4) is 33.4 Å². The predicted molar refractivity (Wildman–Crippen MR) is 136 cm³/mol. The third kappa shape index (κ3) is 3.75. The molecule has 1 nitrogen and oxygen atoms in total. The molecule has 0 spiro atoms. The predicted octanol–water partition coefficient (Wildman–Crippen LogP) is 8.15. The van der Waals surface area contributed by atoms with Crippen molar-refractivity contribution in [1.29, 1.82) is 0 Å². The third-order valence-corrected chi connectivity index (χ3v) is 6.03. The van der Waals surface area contributed by atoms with E-state index in [1.54, 1.807) is 0 Å². The topological polar surface area (TPSA) is 12.9 Å². The highest BCUT2D eigenvalue weighted by Crippen LogP contribution is 2.35. The molecular weight excluding hydrogens is 477 g/mol. The standard InChI is InChI=1S/C28H20IN/c1-19-12-23(16-26(29)13-19)21-8-5-9-22(14-21)24-15-25-18-30-11-10-27(25)28(17-24)20-6-3-2-4-7-20/h2-18H,1H3. The van der Waals surface area contributed by atoms with Gasteiger partial charge in [-0.1, -0.05) is 54.6 Å². The van der Waals surface area contributed by atoms with Gasteiger partial charge in [0.05, 0.1) is 0 Å². The van der Waals surface area contributed by atoms with E-state index in [1.165, 1.54) is 47.9 Å². The van der Waals surface area contributed by atoms with Gasteiger partial charge in [0.25, 0.3) is 0 Å². The third-order valence-electron chi connectivity index (χ3n) is 5.41. The lowest BCUT2D eigenvalue weighted by atomic mass is 9.92. The molecular formula is C28H20IN. The van der Waals surface area contributed by atoms with E-state index in [1.807, 2.05) is 12.4 Å². The highest BCUT2D eigenvalue weighted by molar-refractivity contribution is 14.1. The molecule has 0 radical (unpaired) electrons. The number of aromatic nitrogens is 1. The van der Waals surface area contributed by atoms with E-state index in [2.05, 4.69) is 125 Å². The van der Waals surface area contributed by atoms with Gasteiger partial charge in [0, 0.05) is 21.4 Å². The number of hydrogen-bond donors (Lipinski definition) is 0. The molecule has 0 fully saturated rings. The fourth-order valence-corrected chi connectivity index (χ4v) is 4.84. The Labute approximate surface area is 190 Å². The van der Waals surface area contributed by atoms with Crippen molar-refractivity contribution in [2.45, 2.75) is 6.92 Å². The zero-order valence-corrected chi connectivity index (χ0v) is 18.8. The molecule has 0 atom stereocenters. The first kappa shape index (κ1) is 19.0. The van der Waals surface area contributed by atoms with E-state index in [0.29, 0.717) is 0 Å². The summed E-state index contributed by atoms with van der Waals surface area (Å²) in [6.45, 7) is 2.15. The SMILES string of the molecule is Cc1cc(I)cc(-c2cccc(-c3cc(-c4ccccc4)c4ccncc4c3)c2)c1. The second-order valence-electron chi connectivity index (χ2n) is 7.58. The summed E-state index contributed by atoms with van der Waals surface area (Å²) in [6.07, 6.45) is 3.83. The molecule has 0 aliphatic carbocycles. The van der Waals surface area contributed by atoms with Gasteiger partial charge in [-0.3, -0.25) is 4.98 Å². The first-order chi connectivity index (χ1) is 14.7. The highest BCUT2D eigenvalue weighted by atomic mass is 127. The van der Waals surface area contributed by atoms with E-state index in [0.717, 1.165) is 5.39 Å². The molecule has 30 heavy (non-hydrogen) atoms. The van der Waals surface area contributed by atoms with Crippen LogP contribution in [0.2, 0.25) is 0 Å². The maximum Gasteiger partial charge on any atom is 0.0346 e. The Balaban J connectivity index is 1.69. The summed E-state index contributed by atoms with van der Waals surface area (Å²) in [5, 5.41) is 2.38. The first-order valence-electron chi connectivity index (χ1n) is 9.98. The maximum atomic E-state index is 4.37. The van der Waals surface area contributed by atoms with Gasteiger partial charge in [0.1, 0.15) is 0 Å². The highest BCUT2D eigenvalue weighted by Gasteiger charge is 2.09. The maximum absolute atomic E-state index is 4.37. The molecule has 0 saturated carbocycles. The molecule has 5 aromatic rings. The van der Waals surface area contributed by atoms with Crippen molar-refractivity contribution in [1.82, 2.24) is 4.98 Å². The van der Waals surface area contributed by atoms with Crippen molar-refractivity contribution in [3.63, 3.8) is 0 Å². The first-order valence-corrected chi connectivity index (χ1v) is 11.1. The normalized spacial score (nSPS) is 11.0. The van der Waals surface area contributed by atoms with Gasteiger partial charge >= 0.3 is 0 Å². The Bertz CT molecular complexity index is 1340. The minimum absolute atomic E-state index is 1.16. The van der Waals surface area contributed by atoms with Gasteiger partial charge in [-0.2, -0.15) is 0 Å². The van der Waals surface area contributed by atoms with Crippen LogP contribution in [0.3, 0.4) is 0 Å². The average molecular weight is 497 g/mol. The number of nitrogens with zero attached hydrogens (tertiary/aromatic N) is 1. The van der Waals surface area contributed by atoms with E-state index < -0.39 is 0 Å². The Hall–Kier alpha value is -2.98. The number of pyridine rings is 1. The van der Waals surface area contributed by atoms with Crippen molar-refractivity contribution in [2.24, 2.45) is 0 Å². The summed E-state index contributed by atoms with van der Waals surface area (Å²) in [5.41, 5.74) is 8.66. The molecule has 0 aliphatic rings. The molecule has 0 amide bonds. The van der Waals surface area contributed by atoms with Crippen LogP contribution in [0.1, 0.15) is 5.56 Å². The molecule has 0 saturated heterocycles. The molecule has 0 N–H and O–H groups in total. The van der Waals surface area contributed by atoms with Crippen LogP contribution in [0.5, 0.6) is 0 Å². The molecule has 1 heterocycles. The van der Waals surface area contributed by atoms with Gasteiger partial charge in [-0.25, -0.2) is 0 Å². The van der Waals surface area contributed by atoms with Crippen LogP contribution in [-0.4, -0.2) is 4.98 Å². The number of benzene rings is 4. The number of aryl methyl sites for hydroxylation is 1. The Morgan fingerprint density at radius 2 is 1.37 bits per heavy atom. The molecule has 2 heteroatoms. The van der Waals surface area contributed by atoms with Crippen molar-refractivity contribution < 1.29 is 0 Å². The summed E-state index contributed by atoms with van der Waals surface area (Å²) in [7, 11) is 0. The zero-order valence-electron chi connectivity index (χ0n) is 16.6. The van der Waals surface area contributed by atoms with E-state index in [-0.39, 0.29) is 0 Å². The lowest BCUT2D eigenvalue weighted by Gasteiger charge is -2.12. The monoisotopic (exact) mass is 497 g/mol. The van der Waals surface area contributed by atoms with Gasteiger partial charge < -0.3 is 0 Å². The lowest BCUT2D eigenvalue weighted by molar-refractivity contribution is 1.36. The van der Waals surface area contributed by atoms with E-state index in [4.69, 9.17) is 0 Å². The second kappa shape index (κ2) is 8.04. The van der Waals surface area contributed by atoms with Gasteiger partial charge in [-0.05, 0) is 110 Å². The Morgan fingerprint density at radius 1 is 0.633 bits per heavy atom. The van der Waals surface area contributed by atoms with Gasteiger partial charge in [-0.15, -0.1) is 0 Å². The molecule has 4 aromatic carbocycles. The Morgan fingerprint density at radius 3 is 2.13 bits per heavy atom. The van der Waals surface area contributed by atoms with Gasteiger partial charge in [0.2, 0.25) is 0 Å². The summed E-state index contributed by atoms with van der Waals surface area (Å²) < 4.78 is 1.26. The van der Waals surface area contributed by atoms with Crippen LogP contribution in [-0.2, 0) is 0 Å². The molecule has 0 unspecified atom stereocenters. The number of rotatable bonds is 3. The summed E-state index contributed by atoms with van der Waals surface area (Å²) in [5.74, 6) is 0. The smallest absolute Gasteiger partial charge is 0.0346 e. The number of halogens is 1. The van der Waals surface area contributed by atoms with Crippen LogP contribution < -0.4 is 0 Å². The van der Waals surface area contributed by atoms with Crippen molar-refractivity contribution >= 4 is 33.4 Å². The fourth-order valence-electron chi connectivity index (χ4n) is 4.01. The summed E-state index contributed by atoms with van der Waals surface area (Å²) >= 11 is 2.39. The zero-order chi connectivity index (χ0) is 20.5. The second-order valence-corrected chi connectivity index (χ2v) is 8.83. The van der Waals surface area contributed by atoms with Crippen molar-refractivity contribution in [3.05, 3.63) is 113 Å². The fraction of sp³-hybridized carbons (Fsp3) is 0.0357. The van der Waals surface area contributed by atoms with Crippen LogP contribution in [0, 0.1) is 10.5 Å². The minimum Gasteiger partial charge on any atom is -0.264 e. The largest absolute Gasteiger partial charge is 0.264 e. The number of fused-ring (bicyclic) bond motifs is 1.